The van der Waals surface area contributed by atoms with Crippen molar-refractivity contribution in [1.82, 2.24) is 0 Å². The topological polar surface area (TPSA) is 91.6 Å². The van der Waals surface area contributed by atoms with Crippen molar-refractivity contribution in [3.63, 3.8) is 0 Å². The summed E-state index contributed by atoms with van der Waals surface area (Å²) in [6, 6.07) is 6.30. The van der Waals surface area contributed by atoms with Crippen LogP contribution in [0.5, 0.6) is 0 Å². The van der Waals surface area contributed by atoms with E-state index in [0.717, 1.165) is 11.3 Å². The van der Waals surface area contributed by atoms with Gasteiger partial charge >= 0.3 is 5.97 Å². The highest BCUT2D eigenvalue weighted by Crippen LogP contribution is 2.38. The molecule has 0 spiro atoms. The van der Waals surface area contributed by atoms with Gasteiger partial charge in [0.2, 0.25) is 0 Å². The minimum atomic E-state index is -0.986. The number of hydrogen-bond donors (Lipinski definition) is 1. The smallest absolute Gasteiger partial charge is 0.335 e. The van der Waals surface area contributed by atoms with Gasteiger partial charge in [0.05, 0.1) is 24.3 Å². The lowest BCUT2D eigenvalue weighted by atomic mass is 9.91. The first-order valence-electron chi connectivity index (χ1n) is 7.56. The highest BCUT2D eigenvalue weighted by atomic mass is 16.5. The molecule has 0 fully saturated rings. The summed E-state index contributed by atoms with van der Waals surface area (Å²) >= 11 is 0. The summed E-state index contributed by atoms with van der Waals surface area (Å²) in [6.07, 6.45) is 7.33. The van der Waals surface area contributed by atoms with Crippen LogP contribution in [0.3, 0.4) is 0 Å². The van der Waals surface area contributed by atoms with Crippen LogP contribution in [0, 0.1) is 0 Å². The number of carbonyl (C=O) groups is 2. The van der Waals surface area contributed by atoms with Crippen molar-refractivity contribution < 1.29 is 19.4 Å². The fraction of sp³-hybridized carbons (Fsp3) is 0.111. The molecule has 7 heteroatoms. The summed E-state index contributed by atoms with van der Waals surface area (Å²) < 4.78 is 5.28. The number of methoxy groups -OCH3 is 1. The van der Waals surface area contributed by atoms with Gasteiger partial charge in [-0.3, -0.25) is 4.79 Å². The molecule has 1 N–H and O–H groups in total. The molecule has 1 amide bonds. The summed E-state index contributed by atoms with van der Waals surface area (Å²) in [5.41, 5.74) is 2.74. The lowest BCUT2D eigenvalue weighted by Crippen LogP contribution is -2.36. The van der Waals surface area contributed by atoms with Gasteiger partial charge in [0.1, 0.15) is 11.5 Å². The van der Waals surface area contributed by atoms with Gasteiger partial charge < -0.3 is 14.7 Å². The van der Waals surface area contributed by atoms with Gasteiger partial charge in [-0.05, 0) is 36.4 Å². The Labute approximate surface area is 142 Å². The second kappa shape index (κ2) is 5.55. The van der Waals surface area contributed by atoms with Crippen LogP contribution in [0.1, 0.15) is 10.4 Å². The lowest BCUT2D eigenvalue weighted by Gasteiger charge is -2.35. The summed E-state index contributed by atoms with van der Waals surface area (Å²) in [7, 11) is 1.57. The van der Waals surface area contributed by atoms with Crippen LogP contribution in [0.4, 0.5) is 5.69 Å². The third-order valence-corrected chi connectivity index (χ3v) is 4.27. The molecule has 2 heterocycles. The Morgan fingerprint density at radius 3 is 2.68 bits per heavy atom. The number of anilines is 1. The van der Waals surface area contributed by atoms with E-state index in [1.165, 1.54) is 12.1 Å². The molecule has 1 aromatic carbocycles. The van der Waals surface area contributed by atoms with Gasteiger partial charge in [0, 0.05) is 17.5 Å². The predicted octanol–water partition coefficient (Wildman–Crippen LogP) is 2.80. The first-order chi connectivity index (χ1) is 12.1. The van der Waals surface area contributed by atoms with Crippen molar-refractivity contribution in [3.05, 3.63) is 76.9 Å². The van der Waals surface area contributed by atoms with Crippen LogP contribution in [0.15, 0.2) is 81.5 Å². The molecule has 0 saturated heterocycles. The number of fused-ring (bicyclic) bond motifs is 2. The monoisotopic (exact) mass is 335 g/mol. The van der Waals surface area contributed by atoms with E-state index in [-0.39, 0.29) is 11.6 Å². The molecule has 124 valence electrons. The molecule has 7 nitrogen and oxygen atoms in total. The number of amides is 1. The zero-order valence-corrected chi connectivity index (χ0v) is 13.2. The number of carbonyl (C=O) groups excluding carboxylic acids is 1. The number of allylic oxidation sites excluding steroid dienone is 1. The first kappa shape index (κ1) is 15.1. The number of carboxylic acids is 1. The maximum atomic E-state index is 12.0. The maximum absolute atomic E-state index is 12.0. The van der Waals surface area contributed by atoms with E-state index in [0.29, 0.717) is 17.0 Å². The van der Waals surface area contributed by atoms with Crippen molar-refractivity contribution in [2.75, 3.05) is 12.0 Å². The van der Waals surface area contributed by atoms with Crippen molar-refractivity contribution >= 4 is 17.6 Å². The second-order valence-electron chi connectivity index (χ2n) is 5.67. The van der Waals surface area contributed by atoms with Crippen molar-refractivity contribution in [2.24, 2.45) is 10.2 Å². The Morgan fingerprint density at radius 2 is 2.00 bits per heavy atom. The molecule has 1 aliphatic carbocycles. The molecule has 2 aliphatic heterocycles. The van der Waals surface area contributed by atoms with E-state index in [1.807, 2.05) is 23.1 Å². The molecular formula is C18H13N3O4. The van der Waals surface area contributed by atoms with E-state index < -0.39 is 11.9 Å². The molecular weight excluding hydrogens is 322 g/mol. The summed E-state index contributed by atoms with van der Waals surface area (Å²) in [4.78, 5) is 25.0. The standard InChI is InChI=1S/C18H13N3O4/c1-25-12-6-7-15-13(8-12)16-14(17(22)20-19-16)9-21(15)11-4-2-10(3-5-11)18(23)24/h2-9,15H,1H3,(H,23,24). The van der Waals surface area contributed by atoms with Gasteiger partial charge in [-0.2, -0.15) is 0 Å². The van der Waals surface area contributed by atoms with Crippen LogP contribution in [0.25, 0.3) is 0 Å². The SMILES string of the molecule is COC1=CC2=C3N=NC(=O)C3=CN(c3ccc(C(=O)O)cc3)C2C=C1. The fourth-order valence-electron chi connectivity index (χ4n) is 3.02. The van der Waals surface area contributed by atoms with Crippen LogP contribution >= 0.6 is 0 Å². The Bertz CT molecular complexity index is 936. The van der Waals surface area contributed by atoms with Crippen molar-refractivity contribution in [3.8, 4) is 0 Å². The summed E-state index contributed by atoms with van der Waals surface area (Å²) in [5.74, 6) is -0.717. The molecule has 3 aliphatic rings. The molecule has 0 aromatic heterocycles. The number of aromatic carboxylic acids is 1. The van der Waals surface area contributed by atoms with Crippen molar-refractivity contribution in [1.29, 1.82) is 0 Å². The molecule has 1 unspecified atom stereocenters. The minimum absolute atomic E-state index is 0.182. The Kier molecular flexibility index (Phi) is 3.35. The molecule has 1 aromatic rings. The molecule has 0 saturated carbocycles. The number of nitrogens with zero attached hydrogens (tertiary/aromatic N) is 3. The van der Waals surface area contributed by atoms with Crippen molar-refractivity contribution in [2.45, 2.75) is 6.04 Å². The first-order valence-corrected chi connectivity index (χ1v) is 7.56. The van der Waals surface area contributed by atoms with E-state index in [2.05, 4.69) is 10.2 Å². The predicted molar refractivity (Wildman–Crippen MR) is 88.9 cm³/mol. The van der Waals surface area contributed by atoms with E-state index in [1.54, 1.807) is 25.4 Å². The number of azo groups is 1. The fourth-order valence-corrected chi connectivity index (χ4v) is 3.02. The molecule has 4 rings (SSSR count). The largest absolute Gasteiger partial charge is 0.497 e. The average molecular weight is 335 g/mol. The third kappa shape index (κ3) is 2.37. The Hall–Kier alpha value is -3.48. The maximum Gasteiger partial charge on any atom is 0.335 e. The normalized spacial score (nSPS) is 20.9. The summed E-state index contributed by atoms with van der Waals surface area (Å²) in [5, 5.41) is 16.7. The zero-order valence-electron chi connectivity index (χ0n) is 13.2. The van der Waals surface area contributed by atoms with Crippen LogP contribution in [-0.2, 0) is 9.53 Å². The van der Waals surface area contributed by atoms with Crippen LogP contribution in [0.2, 0.25) is 0 Å². The number of benzene rings is 1. The van der Waals surface area contributed by atoms with Crippen LogP contribution < -0.4 is 4.90 Å². The quantitative estimate of drug-likeness (QED) is 0.917. The molecule has 0 radical (unpaired) electrons. The van der Waals surface area contributed by atoms with E-state index >= 15 is 0 Å². The number of rotatable bonds is 3. The third-order valence-electron chi connectivity index (χ3n) is 4.27. The van der Waals surface area contributed by atoms with Gasteiger partial charge in [-0.25, -0.2) is 4.79 Å². The second-order valence-corrected chi connectivity index (χ2v) is 5.67. The number of hydrogen-bond acceptors (Lipinski definition) is 5. The Balaban J connectivity index is 1.80. The average Bonchev–Trinajstić information content (AvgIpc) is 3.02. The van der Waals surface area contributed by atoms with E-state index in [9.17, 15) is 9.59 Å². The van der Waals surface area contributed by atoms with Gasteiger partial charge in [-0.1, -0.05) is 6.08 Å². The zero-order chi connectivity index (χ0) is 17.6. The van der Waals surface area contributed by atoms with Gasteiger partial charge in [-0.15, -0.1) is 10.2 Å². The van der Waals surface area contributed by atoms with Crippen LogP contribution in [-0.4, -0.2) is 30.1 Å². The van der Waals surface area contributed by atoms with Gasteiger partial charge in [0.15, 0.2) is 0 Å². The van der Waals surface area contributed by atoms with Gasteiger partial charge in [0.25, 0.3) is 5.91 Å². The molecule has 1 atom stereocenters. The number of ether oxygens (including phenoxy) is 1. The summed E-state index contributed by atoms with van der Waals surface area (Å²) in [6.45, 7) is 0. The molecule has 25 heavy (non-hydrogen) atoms. The lowest BCUT2D eigenvalue weighted by molar-refractivity contribution is -0.114. The highest BCUT2D eigenvalue weighted by Gasteiger charge is 2.35. The van der Waals surface area contributed by atoms with E-state index in [4.69, 9.17) is 9.84 Å². The number of carboxylic acid groups (broad SMARTS) is 1. The molecule has 0 bridgehead atoms. The Morgan fingerprint density at radius 1 is 1.24 bits per heavy atom. The minimum Gasteiger partial charge on any atom is -0.497 e. The highest BCUT2D eigenvalue weighted by molar-refractivity contribution is 6.02.